The van der Waals surface area contributed by atoms with Gasteiger partial charge in [0.15, 0.2) is 21.3 Å². The molecule has 170 valence electrons. The number of hydrogen-bond acceptors (Lipinski definition) is 6. The Labute approximate surface area is 185 Å². The van der Waals surface area contributed by atoms with E-state index in [1.807, 2.05) is 0 Å². The SMILES string of the molecule is CC1(c2ccc3c(c2)OCCCO3)NC(=O)N(CCCS(=O)(=O)c2ccc(F)cc2)C1=O. The van der Waals surface area contributed by atoms with E-state index in [-0.39, 0.29) is 23.6 Å². The van der Waals surface area contributed by atoms with Crippen LogP contribution in [0.25, 0.3) is 0 Å². The van der Waals surface area contributed by atoms with Gasteiger partial charge in [0.25, 0.3) is 5.91 Å². The molecule has 1 saturated heterocycles. The number of halogens is 1. The molecule has 4 rings (SSSR count). The van der Waals surface area contributed by atoms with Gasteiger partial charge in [-0.3, -0.25) is 9.69 Å². The second-order valence-corrected chi connectivity index (χ2v) is 9.96. The number of amides is 3. The zero-order valence-corrected chi connectivity index (χ0v) is 18.3. The molecule has 0 aliphatic carbocycles. The number of ether oxygens (including phenoxy) is 2. The van der Waals surface area contributed by atoms with Crippen molar-refractivity contribution in [2.75, 3.05) is 25.5 Å². The van der Waals surface area contributed by atoms with Gasteiger partial charge in [0.2, 0.25) is 0 Å². The van der Waals surface area contributed by atoms with E-state index in [2.05, 4.69) is 5.32 Å². The molecule has 1 fully saturated rings. The average Bonchev–Trinajstić information content (AvgIpc) is 2.92. The number of nitrogens with zero attached hydrogens (tertiary/aromatic N) is 1. The van der Waals surface area contributed by atoms with E-state index in [0.717, 1.165) is 23.5 Å². The van der Waals surface area contributed by atoms with Crippen molar-refractivity contribution in [3.05, 3.63) is 53.8 Å². The monoisotopic (exact) mass is 462 g/mol. The Balaban J connectivity index is 1.46. The van der Waals surface area contributed by atoms with E-state index >= 15 is 0 Å². The van der Waals surface area contributed by atoms with Gasteiger partial charge < -0.3 is 14.8 Å². The molecule has 1 unspecified atom stereocenters. The van der Waals surface area contributed by atoms with Crippen LogP contribution in [-0.4, -0.2) is 50.8 Å². The third-order valence-electron chi connectivity index (χ3n) is 5.57. The van der Waals surface area contributed by atoms with Gasteiger partial charge in [0, 0.05) is 13.0 Å². The van der Waals surface area contributed by atoms with Crippen LogP contribution in [-0.2, 0) is 20.2 Å². The van der Waals surface area contributed by atoms with Crippen molar-refractivity contribution in [1.29, 1.82) is 0 Å². The summed E-state index contributed by atoms with van der Waals surface area (Å²) in [6, 6.07) is 9.03. The molecule has 8 nitrogen and oxygen atoms in total. The van der Waals surface area contributed by atoms with Crippen molar-refractivity contribution in [2.45, 2.75) is 30.2 Å². The fourth-order valence-electron chi connectivity index (χ4n) is 3.74. The second kappa shape index (κ2) is 8.42. The number of rotatable bonds is 6. The molecule has 0 bridgehead atoms. The van der Waals surface area contributed by atoms with Gasteiger partial charge in [0.05, 0.1) is 23.9 Å². The van der Waals surface area contributed by atoms with E-state index in [9.17, 15) is 22.4 Å². The molecular formula is C22H23FN2O6S. The van der Waals surface area contributed by atoms with Gasteiger partial charge >= 0.3 is 6.03 Å². The van der Waals surface area contributed by atoms with Crippen molar-refractivity contribution in [3.63, 3.8) is 0 Å². The van der Waals surface area contributed by atoms with Crippen molar-refractivity contribution < 1.29 is 31.9 Å². The maximum absolute atomic E-state index is 13.1. The molecule has 0 aromatic heterocycles. The van der Waals surface area contributed by atoms with E-state index in [0.29, 0.717) is 30.3 Å². The van der Waals surface area contributed by atoms with Gasteiger partial charge in [-0.2, -0.15) is 0 Å². The fraction of sp³-hybridized carbons (Fsp3) is 0.364. The molecule has 2 aliphatic heterocycles. The van der Waals surface area contributed by atoms with E-state index < -0.39 is 33.1 Å². The predicted molar refractivity (Wildman–Crippen MR) is 113 cm³/mol. The van der Waals surface area contributed by atoms with Gasteiger partial charge in [-0.05, 0) is 55.3 Å². The molecule has 10 heteroatoms. The van der Waals surface area contributed by atoms with Crippen LogP contribution < -0.4 is 14.8 Å². The van der Waals surface area contributed by atoms with Crippen LogP contribution >= 0.6 is 0 Å². The molecule has 2 aliphatic rings. The highest BCUT2D eigenvalue weighted by molar-refractivity contribution is 7.91. The largest absolute Gasteiger partial charge is 0.490 e. The topological polar surface area (TPSA) is 102 Å². The van der Waals surface area contributed by atoms with Gasteiger partial charge in [0.1, 0.15) is 11.4 Å². The smallest absolute Gasteiger partial charge is 0.325 e. The lowest BCUT2D eigenvalue weighted by Gasteiger charge is -2.23. The number of carbonyl (C=O) groups excluding carboxylic acids is 2. The van der Waals surface area contributed by atoms with E-state index in [4.69, 9.17) is 9.47 Å². The fourth-order valence-corrected chi connectivity index (χ4v) is 5.04. The summed E-state index contributed by atoms with van der Waals surface area (Å²) < 4.78 is 49.2. The number of benzene rings is 2. The third kappa shape index (κ3) is 4.14. The maximum atomic E-state index is 13.1. The van der Waals surface area contributed by atoms with Crippen molar-refractivity contribution in [2.24, 2.45) is 0 Å². The molecule has 0 saturated carbocycles. The molecule has 32 heavy (non-hydrogen) atoms. The normalized spacial score (nSPS) is 20.8. The summed E-state index contributed by atoms with van der Waals surface area (Å²) in [5.41, 5.74) is -0.765. The first kappa shape index (κ1) is 22.1. The maximum Gasteiger partial charge on any atom is 0.325 e. The van der Waals surface area contributed by atoms with Crippen LogP contribution in [0.1, 0.15) is 25.3 Å². The number of imide groups is 1. The summed E-state index contributed by atoms with van der Waals surface area (Å²) in [6.07, 6.45) is 0.793. The number of fused-ring (bicyclic) bond motifs is 1. The highest BCUT2D eigenvalue weighted by atomic mass is 32.2. The second-order valence-electron chi connectivity index (χ2n) is 7.85. The summed E-state index contributed by atoms with van der Waals surface area (Å²) in [6.45, 7) is 2.56. The third-order valence-corrected chi connectivity index (χ3v) is 7.38. The zero-order valence-electron chi connectivity index (χ0n) is 17.5. The molecule has 2 aromatic carbocycles. The summed E-state index contributed by atoms with van der Waals surface area (Å²) in [4.78, 5) is 26.7. The molecule has 2 heterocycles. The minimum Gasteiger partial charge on any atom is -0.490 e. The molecule has 1 atom stereocenters. The van der Waals surface area contributed by atoms with Crippen LogP contribution in [0, 0.1) is 5.82 Å². The summed E-state index contributed by atoms with van der Waals surface area (Å²) >= 11 is 0. The van der Waals surface area contributed by atoms with Crippen molar-refractivity contribution in [3.8, 4) is 11.5 Å². The summed E-state index contributed by atoms with van der Waals surface area (Å²) in [7, 11) is -3.67. The first-order chi connectivity index (χ1) is 15.2. The van der Waals surface area contributed by atoms with Gasteiger partial charge in [-0.15, -0.1) is 0 Å². The minimum atomic E-state index is -3.67. The van der Waals surface area contributed by atoms with Crippen LogP contribution in [0.3, 0.4) is 0 Å². The van der Waals surface area contributed by atoms with Crippen LogP contribution in [0.4, 0.5) is 9.18 Å². The molecule has 1 N–H and O–H groups in total. The first-order valence-corrected chi connectivity index (χ1v) is 11.9. The molecular weight excluding hydrogens is 439 g/mol. The van der Waals surface area contributed by atoms with Crippen LogP contribution in [0.5, 0.6) is 11.5 Å². The highest BCUT2D eigenvalue weighted by Gasteiger charge is 2.49. The Kier molecular flexibility index (Phi) is 5.81. The van der Waals surface area contributed by atoms with Gasteiger partial charge in [-0.25, -0.2) is 17.6 Å². The summed E-state index contributed by atoms with van der Waals surface area (Å²) in [5.74, 6) is -0.203. The molecule has 3 amide bonds. The van der Waals surface area contributed by atoms with E-state index in [1.165, 1.54) is 12.1 Å². The Morgan fingerprint density at radius 3 is 2.47 bits per heavy atom. The number of nitrogens with one attached hydrogen (secondary N) is 1. The van der Waals surface area contributed by atoms with Gasteiger partial charge in [-0.1, -0.05) is 6.07 Å². The zero-order chi connectivity index (χ0) is 22.9. The number of hydrogen-bond donors (Lipinski definition) is 1. The number of urea groups is 1. The number of sulfone groups is 1. The van der Waals surface area contributed by atoms with Crippen LogP contribution in [0.2, 0.25) is 0 Å². The standard InChI is InChI=1S/C22H23FN2O6S/c1-22(15-4-9-18-19(14-15)31-12-3-11-30-18)20(26)25(21(27)24-22)10-2-13-32(28,29)17-7-5-16(23)6-8-17/h4-9,14H,2-3,10-13H2,1H3,(H,24,27). The Bertz CT molecular complexity index is 1150. The highest BCUT2D eigenvalue weighted by Crippen LogP contribution is 2.36. The Morgan fingerprint density at radius 1 is 1.06 bits per heavy atom. The summed E-state index contributed by atoms with van der Waals surface area (Å²) in [5, 5.41) is 2.70. The lowest BCUT2D eigenvalue weighted by atomic mass is 9.91. The Morgan fingerprint density at radius 2 is 1.75 bits per heavy atom. The average molecular weight is 462 g/mol. The lowest BCUT2D eigenvalue weighted by Crippen LogP contribution is -2.41. The molecule has 0 spiro atoms. The minimum absolute atomic E-state index is 0.00636. The molecule has 2 aromatic rings. The number of carbonyl (C=O) groups is 2. The quantitative estimate of drug-likeness (QED) is 0.523. The van der Waals surface area contributed by atoms with Crippen molar-refractivity contribution >= 4 is 21.8 Å². The van der Waals surface area contributed by atoms with Crippen molar-refractivity contribution in [1.82, 2.24) is 10.2 Å². The van der Waals surface area contributed by atoms with E-state index in [1.54, 1.807) is 25.1 Å². The lowest BCUT2D eigenvalue weighted by molar-refractivity contribution is -0.131. The van der Waals surface area contributed by atoms with Crippen LogP contribution in [0.15, 0.2) is 47.4 Å². The predicted octanol–water partition coefficient (Wildman–Crippen LogP) is 2.62. The first-order valence-electron chi connectivity index (χ1n) is 10.2. The molecule has 0 radical (unpaired) electrons. The Hall–Kier alpha value is -3.14.